The summed E-state index contributed by atoms with van der Waals surface area (Å²) in [4.78, 5) is 12.6. The Morgan fingerprint density at radius 2 is 1.73 bits per heavy atom. The summed E-state index contributed by atoms with van der Waals surface area (Å²) in [5.41, 5.74) is 1.79. The van der Waals surface area contributed by atoms with Crippen LogP contribution in [-0.2, 0) is 13.3 Å². The molecular weight excluding hydrogens is 508 g/mol. The monoisotopic (exact) mass is 523 g/mol. The third-order valence-electron chi connectivity index (χ3n) is 4.70. The summed E-state index contributed by atoms with van der Waals surface area (Å²) in [5.74, 6) is 0.389. The Labute approximate surface area is 209 Å². The number of aromatic nitrogens is 4. The number of rotatable bonds is 7. The topological polar surface area (TPSA) is 74.0 Å². The van der Waals surface area contributed by atoms with Gasteiger partial charge in [0.1, 0.15) is 10.8 Å². The largest absolute Gasteiger partial charge is 0.471 e. The van der Waals surface area contributed by atoms with Crippen molar-refractivity contribution < 1.29 is 9.53 Å². The van der Waals surface area contributed by atoms with Crippen LogP contribution in [0.4, 0.5) is 5.82 Å². The molecule has 0 atom stereocenters. The first-order valence-electron chi connectivity index (χ1n) is 9.70. The molecule has 0 saturated carbocycles. The maximum absolute atomic E-state index is 12.6. The molecule has 1 N–H and O–H groups in total. The van der Waals surface area contributed by atoms with Crippen LogP contribution >= 0.6 is 46.4 Å². The molecule has 0 saturated heterocycles. The van der Waals surface area contributed by atoms with E-state index in [4.69, 9.17) is 51.1 Å². The van der Waals surface area contributed by atoms with Crippen molar-refractivity contribution >= 4 is 58.1 Å². The minimum absolute atomic E-state index is 0.127. The number of ether oxygens (including phenoxy) is 1. The van der Waals surface area contributed by atoms with Crippen molar-refractivity contribution in [3.8, 4) is 5.75 Å². The molecule has 33 heavy (non-hydrogen) atoms. The third kappa shape index (κ3) is 5.62. The van der Waals surface area contributed by atoms with Crippen LogP contribution in [0.1, 0.15) is 21.6 Å². The lowest BCUT2D eigenvalue weighted by Crippen LogP contribution is -2.15. The minimum atomic E-state index is -0.459. The van der Waals surface area contributed by atoms with Crippen molar-refractivity contribution in [2.45, 2.75) is 20.2 Å². The van der Waals surface area contributed by atoms with Crippen LogP contribution in [0, 0.1) is 6.92 Å². The lowest BCUT2D eigenvalue weighted by molar-refractivity contribution is 0.101. The van der Waals surface area contributed by atoms with E-state index in [-0.39, 0.29) is 23.3 Å². The van der Waals surface area contributed by atoms with Gasteiger partial charge in [0.25, 0.3) is 5.91 Å². The van der Waals surface area contributed by atoms with Crippen molar-refractivity contribution in [3.05, 3.63) is 91.8 Å². The van der Waals surface area contributed by atoms with E-state index in [1.165, 1.54) is 4.68 Å². The van der Waals surface area contributed by atoms with Gasteiger partial charge in [0.2, 0.25) is 0 Å². The van der Waals surface area contributed by atoms with Gasteiger partial charge in [-0.3, -0.25) is 9.48 Å². The molecule has 0 radical (unpaired) electrons. The predicted octanol–water partition coefficient (Wildman–Crippen LogP) is 6.34. The zero-order valence-corrected chi connectivity index (χ0v) is 20.3. The van der Waals surface area contributed by atoms with Crippen LogP contribution in [0.15, 0.2) is 54.9 Å². The maximum Gasteiger partial charge on any atom is 0.277 e. The second-order valence-electron chi connectivity index (χ2n) is 7.10. The molecule has 0 fully saturated rings. The highest BCUT2D eigenvalue weighted by Gasteiger charge is 2.16. The lowest BCUT2D eigenvalue weighted by Gasteiger charge is -2.07. The number of benzene rings is 2. The smallest absolute Gasteiger partial charge is 0.277 e. The van der Waals surface area contributed by atoms with Crippen LogP contribution < -0.4 is 10.1 Å². The summed E-state index contributed by atoms with van der Waals surface area (Å²) >= 11 is 24.7. The van der Waals surface area contributed by atoms with Gasteiger partial charge in [-0.2, -0.15) is 10.2 Å². The molecule has 2 aromatic carbocycles. The van der Waals surface area contributed by atoms with Crippen molar-refractivity contribution in [3.63, 3.8) is 0 Å². The van der Waals surface area contributed by atoms with E-state index < -0.39 is 5.91 Å². The number of nitrogens with zero attached hydrogens (tertiary/aromatic N) is 4. The Balaban J connectivity index is 1.39. The van der Waals surface area contributed by atoms with Gasteiger partial charge in [-0.15, -0.1) is 0 Å². The Morgan fingerprint density at radius 1 is 0.970 bits per heavy atom. The summed E-state index contributed by atoms with van der Waals surface area (Å²) in [7, 11) is 0. The maximum atomic E-state index is 12.6. The molecule has 11 heteroatoms. The zero-order chi connectivity index (χ0) is 23.5. The molecule has 4 rings (SSSR count). The van der Waals surface area contributed by atoms with Gasteiger partial charge in [0.15, 0.2) is 18.2 Å². The molecule has 0 aliphatic carbocycles. The Kier molecular flexibility index (Phi) is 7.14. The van der Waals surface area contributed by atoms with E-state index in [0.29, 0.717) is 32.9 Å². The molecule has 7 nitrogen and oxygen atoms in total. The molecule has 1 amide bonds. The third-order valence-corrected chi connectivity index (χ3v) is 6.11. The van der Waals surface area contributed by atoms with Gasteiger partial charge in [0, 0.05) is 33.0 Å². The van der Waals surface area contributed by atoms with Crippen molar-refractivity contribution in [1.82, 2.24) is 19.6 Å². The number of anilines is 1. The molecule has 0 aliphatic heterocycles. The summed E-state index contributed by atoms with van der Waals surface area (Å²) in [6.07, 6.45) is 3.22. The van der Waals surface area contributed by atoms with Gasteiger partial charge >= 0.3 is 0 Å². The first-order chi connectivity index (χ1) is 15.8. The van der Waals surface area contributed by atoms with Gasteiger partial charge in [0.05, 0.1) is 6.54 Å². The predicted molar refractivity (Wildman–Crippen MR) is 130 cm³/mol. The van der Waals surface area contributed by atoms with Crippen LogP contribution in [0.3, 0.4) is 0 Å². The Morgan fingerprint density at radius 3 is 2.45 bits per heavy atom. The molecule has 0 spiro atoms. The summed E-state index contributed by atoms with van der Waals surface area (Å²) in [5, 5.41) is 13.2. The van der Waals surface area contributed by atoms with E-state index in [9.17, 15) is 4.79 Å². The fourth-order valence-electron chi connectivity index (χ4n) is 2.98. The van der Waals surface area contributed by atoms with E-state index >= 15 is 0 Å². The highest BCUT2D eigenvalue weighted by molar-refractivity contribution is 6.36. The normalized spacial score (nSPS) is 10.9. The van der Waals surface area contributed by atoms with E-state index in [0.717, 1.165) is 5.56 Å². The van der Waals surface area contributed by atoms with Gasteiger partial charge in [-0.05, 0) is 48.9 Å². The molecule has 0 bridgehead atoms. The number of nitrogens with one attached hydrogen (secondary N) is 1. The highest BCUT2D eigenvalue weighted by Crippen LogP contribution is 2.27. The Hall–Kier alpha value is -2.71. The van der Waals surface area contributed by atoms with E-state index in [1.54, 1.807) is 53.5 Å². The van der Waals surface area contributed by atoms with E-state index in [1.807, 2.05) is 13.0 Å². The van der Waals surface area contributed by atoms with Gasteiger partial charge in [-0.25, -0.2) is 4.68 Å². The van der Waals surface area contributed by atoms with Gasteiger partial charge in [-0.1, -0.05) is 52.5 Å². The van der Waals surface area contributed by atoms with Crippen molar-refractivity contribution in [2.24, 2.45) is 0 Å². The average molecular weight is 525 g/mol. The fraction of sp³-hybridized carbons (Fsp3) is 0.136. The van der Waals surface area contributed by atoms with Crippen molar-refractivity contribution in [2.75, 3.05) is 5.32 Å². The second-order valence-corrected chi connectivity index (χ2v) is 8.73. The molecule has 4 aromatic rings. The number of halogens is 4. The fourth-order valence-corrected chi connectivity index (χ4v) is 3.81. The summed E-state index contributed by atoms with van der Waals surface area (Å²) < 4.78 is 8.73. The molecule has 0 unspecified atom stereocenters. The first kappa shape index (κ1) is 23.4. The molecule has 0 aliphatic rings. The van der Waals surface area contributed by atoms with E-state index in [2.05, 4.69) is 15.5 Å². The minimum Gasteiger partial charge on any atom is -0.471 e. The lowest BCUT2D eigenvalue weighted by atomic mass is 10.2. The van der Waals surface area contributed by atoms with Gasteiger partial charge < -0.3 is 10.1 Å². The highest BCUT2D eigenvalue weighted by atomic mass is 35.5. The number of carbonyl (C=O) groups is 1. The Bertz CT molecular complexity index is 1300. The number of hydrogen-bond acceptors (Lipinski definition) is 4. The molecule has 2 aromatic heterocycles. The zero-order valence-electron chi connectivity index (χ0n) is 17.2. The van der Waals surface area contributed by atoms with Crippen LogP contribution in [0.5, 0.6) is 5.75 Å². The van der Waals surface area contributed by atoms with Crippen LogP contribution in [-0.4, -0.2) is 25.5 Å². The average Bonchev–Trinajstić information content (AvgIpc) is 3.38. The molecular formula is C22H17Cl4N5O2. The molecule has 170 valence electrons. The quantitative estimate of drug-likeness (QED) is 0.306. The number of hydrogen-bond donors (Lipinski definition) is 1. The van der Waals surface area contributed by atoms with Crippen molar-refractivity contribution in [1.29, 1.82) is 0 Å². The standard InChI is InChI=1S/C22H17Cl4N5O2/c1-13-9-14(5-6-16(13)23)33-12-30-8-7-20(28-30)22(32)27-21-19(26)11-31(29-21)10-15-17(24)3-2-4-18(15)25/h2-9,11H,10,12H2,1H3,(H,27,29,32). The first-order valence-corrected chi connectivity index (χ1v) is 11.2. The molecule has 2 heterocycles. The van der Waals surface area contributed by atoms with Crippen LogP contribution in [0.25, 0.3) is 0 Å². The number of aryl methyl sites for hydroxylation is 1. The summed E-state index contributed by atoms with van der Waals surface area (Å²) in [6.45, 7) is 2.31. The van der Waals surface area contributed by atoms with Crippen LogP contribution in [0.2, 0.25) is 20.1 Å². The number of amides is 1. The second kappa shape index (κ2) is 10.1. The SMILES string of the molecule is Cc1cc(OCn2ccc(C(=O)Nc3nn(Cc4c(Cl)cccc4Cl)cc3Cl)n2)ccc1Cl. The number of carbonyl (C=O) groups excluding carboxylic acids is 1. The summed E-state index contributed by atoms with van der Waals surface area (Å²) in [6, 6.07) is 12.2.